The molecule has 2 aromatic rings. The van der Waals surface area contributed by atoms with Gasteiger partial charge in [-0.3, -0.25) is 4.79 Å². The van der Waals surface area contributed by atoms with Crippen LogP contribution in [0.5, 0.6) is 0 Å². The lowest BCUT2D eigenvalue weighted by Gasteiger charge is -2.32. The number of carboxylic acid groups (broad SMARTS) is 1. The third-order valence-electron chi connectivity index (χ3n) is 4.09. The first-order chi connectivity index (χ1) is 10.2. The summed E-state index contributed by atoms with van der Waals surface area (Å²) in [6, 6.07) is 0. The van der Waals surface area contributed by atoms with Crippen LogP contribution in [0.4, 0.5) is 0 Å². The molecule has 1 fully saturated rings. The molecule has 3 rings (SSSR count). The summed E-state index contributed by atoms with van der Waals surface area (Å²) in [5.41, 5.74) is -0.759. The number of aliphatic carboxylic acids is 1. The van der Waals surface area contributed by atoms with Crippen LogP contribution in [-0.4, -0.2) is 46.0 Å². The van der Waals surface area contributed by atoms with Gasteiger partial charge in [0.1, 0.15) is 19.2 Å². The maximum absolute atomic E-state index is 11.7. The largest absolute Gasteiger partial charge is 0.481 e. The van der Waals surface area contributed by atoms with Crippen LogP contribution in [0.25, 0.3) is 0 Å². The minimum Gasteiger partial charge on any atom is -0.481 e. The molecule has 112 valence electrons. The number of carboxylic acids is 1. The van der Waals surface area contributed by atoms with Crippen molar-refractivity contribution < 1.29 is 9.90 Å². The molecule has 2 heterocycles. The lowest BCUT2D eigenvalue weighted by Crippen LogP contribution is -2.38. The Labute approximate surface area is 121 Å². The molecule has 0 spiro atoms. The Balaban J connectivity index is 1.80. The second-order valence-corrected chi connectivity index (χ2v) is 5.49. The van der Waals surface area contributed by atoms with E-state index in [-0.39, 0.29) is 0 Å². The standard InChI is InChI=1S/C12H17N7O2/c20-11(21)12(4-2-1-3-5-12)7-19-10(15-16-17-19)6-18-9-13-8-14-18/h8-9H,1-7H2,(H,20,21). The Kier molecular flexibility index (Phi) is 3.63. The fourth-order valence-electron chi connectivity index (χ4n) is 2.87. The van der Waals surface area contributed by atoms with E-state index in [2.05, 4.69) is 25.6 Å². The van der Waals surface area contributed by atoms with E-state index in [1.165, 1.54) is 6.33 Å². The van der Waals surface area contributed by atoms with Gasteiger partial charge < -0.3 is 5.11 Å². The molecule has 1 aliphatic carbocycles. The van der Waals surface area contributed by atoms with Gasteiger partial charge in [-0.1, -0.05) is 19.3 Å². The van der Waals surface area contributed by atoms with Crippen molar-refractivity contribution in [1.29, 1.82) is 0 Å². The molecule has 9 nitrogen and oxygen atoms in total. The highest BCUT2D eigenvalue weighted by Crippen LogP contribution is 2.38. The number of rotatable bonds is 5. The SMILES string of the molecule is O=C(O)C1(Cn2nnnc2Cn2cncn2)CCCCC1. The Morgan fingerprint density at radius 1 is 1.33 bits per heavy atom. The molecule has 21 heavy (non-hydrogen) atoms. The second kappa shape index (κ2) is 5.58. The molecular weight excluding hydrogens is 274 g/mol. The van der Waals surface area contributed by atoms with Crippen molar-refractivity contribution in [3.8, 4) is 0 Å². The molecule has 1 saturated carbocycles. The van der Waals surface area contributed by atoms with Gasteiger partial charge in [0.2, 0.25) is 0 Å². The van der Waals surface area contributed by atoms with Gasteiger partial charge >= 0.3 is 5.97 Å². The molecule has 0 aromatic carbocycles. The molecule has 2 aromatic heterocycles. The summed E-state index contributed by atoms with van der Waals surface area (Å²) in [5.74, 6) is -0.170. The van der Waals surface area contributed by atoms with Crippen LogP contribution in [0.3, 0.4) is 0 Å². The summed E-state index contributed by atoms with van der Waals surface area (Å²) < 4.78 is 3.19. The summed E-state index contributed by atoms with van der Waals surface area (Å²) >= 11 is 0. The molecule has 0 radical (unpaired) electrons. The van der Waals surface area contributed by atoms with Crippen molar-refractivity contribution in [1.82, 2.24) is 35.0 Å². The molecule has 0 saturated heterocycles. The normalized spacial score (nSPS) is 17.7. The number of hydrogen-bond donors (Lipinski definition) is 1. The zero-order valence-corrected chi connectivity index (χ0v) is 11.6. The Hall–Kier alpha value is -2.32. The van der Waals surface area contributed by atoms with Crippen molar-refractivity contribution in [2.45, 2.75) is 45.2 Å². The fourth-order valence-corrected chi connectivity index (χ4v) is 2.87. The van der Waals surface area contributed by atoms with Gasteiger partial charge in [-0.25, -0.2) is 14.3 Å². The summed E-state index contributed by atoms with van der Waals surface area (Å²) in [7, 11) is 0. The Morgan fingerprint density at radius 2 is 2.14 bits per heavy atom. The van der Waals surface area contributed by atoms with Gasteiger partial charge in [-0.05, 0) is 23.3 Å². The minimum atomic E-state index is -0.760. The molecule has 0 bridgehead atoms. The summed E-state index contributed by atoms with van der Waals surface area (Å²) in [5, 5.41) is 25.2. The maximum Gasteiger partial charge on any atom is 0.311 e. The fraction of sp³-hybridized carbons (Fsp3) is 0.667. The molecule has 0 atom stereocenters. The molecular formula is C12H17N7O2. The van der Waals surface area contributed by atoms with Gasteiger partial charge in [-0.2, -0.15) is 5.10 Å². The van der Waals surface area contributed by atoms with Gasteiger partial charge in [0.25, 0.3) is 0 Å². The second-order valence-electron chi connectivity index (χ2n) is 5.49. The Bertz CT molecular complexity index is 601. The van der Waals surface area contributed by atoms with Gasteiger partial charge in [-0.15, -0.1) is 5.10 Å². The lowest BCUT2D eigenvalue weighted by molar-refractivity contribution is -0.152. The number of tetrazole rings is 1. The van der Waals surface area contributed by atoms with E-state index in [0.29, 0.717) is 31.8 Å². The number of carbonyl (C=O) groups is 1. The van der Waals surface area contributed by atoms with E-state index in [1.54, 1.807) is 15.7 Å². The van der Waals surface area contributed by atoms with Crippen LogP contribution < -0.4 is 0 Å². The molecule has 9 heteroatoms. The third-order valence-corrected chi connectivity index (χ3v) is 4.09. The quantitative estimate of drug-likeness (QED) is 0.845. The summed E-state index contributed by atoms with van der Waals surface area (Å²) in [4.78, 5) is 15.6. The van der Waals surface area contributed by atoms with Crippen LogP contribution in [0.15, 0.2) is 12.7 Å². The van der Waals surface area contributed by atoms with E-state index in [9.17, 15) is 9.90 Å². The average Bonchev–Trinajstić information content (AvgIpc) is 3.13. The molecule has 1 aliphatic rings. The zero-order chi connectivity index (χ0) is 14.7. The summed E-state index contributed by atoms with van der Waals surface area (Å²) in [6.45, 7) is 0.683. The molecule has 0 aliphatic heterocycles. The number of nitrogens with zero attached hydrogens (tertiary/aromatic N) is 7. The van der Waals surface area contributed by atoms with E-state index in [4.69, 9.17) is 0 Å². The first-order valence-electron chi connectivity index (χ1n) is 7.00. The zero-order valence-electron chi connectivity index (χ0n) is 11.6. The minimum absolute atomic E-state index is 0.305. The van der Waals surface area contributed by atoms with Gasteiger partial charge in [0.05, 0.1) is 12.0 Å². The molecule has 0 unspecified atom stereocenters. The summed E-state index contributed by atoms with van der Waals surface area (Å²) in [6.07, 6.45) is 7.33. The van der Waals surface area contributed by atoms with Crippen molar-refractivity contribution in [2.75, 3.05) is 0 Å². The van der Waals surface area contributed by atoms with E-state index < -0.39 is 11.4 Å². The van der Waals surface area contributed by atoms with Gasteiger partial charge in [0, 0.05) is 0 Å². The van der Waals surface area contributed by atoms with E-state index >= 15 is 0 Å². The monoisotopic (exact) mass is 291 g/mol. The lowest BCUT2D eigenvalue weighted by atomic mass is 9.74. The molecule has 1 N–H and O–H groups in total. The number of aromatic nitrogens is 7. The van der Waals surface area contributed by atoms with Crippen LogP contribution in [-0.2, 0) is 17.9 Å². The van der Waals surface area contributed by atoms with E-state index in [1.807, 2.05) is 0 Å². The van der Waals surface area contributed by atoms with Crippen molar-refractivity contribution in [2.24, 2.45) is 5.41 Å². The van der Waals surface area contributed by atoms with Crippen molar-refractivity contribution >= 4 is 5.97 Å². The highest BCUT2D eigenvalue weighted by Gasteiger charge is 2.40. The predicted molar refractivity (Wildman–Crippen MR) is 70.1 cm³/mol. The predicted octanol–water partition coefficient (Wildman–Crippen LogP) is 0.348. The van der Waals surface area contributed by atoms with Crippen LogP contribution in [0.1, 0.15) is 37.9 Å². The highest BCUT2D eigenvalue weighted by atomic mass is 16.4. The van der Waals surface area contributed by atoms with Crippen LogP contribution in [0, 0.1) is 5.41 Å². The van der Waals surface area contributed by atoms with Crippen molar-refractivity contribution in [3.63, 3.8) is 0 Å². The van der Waals surface area contributed by atoms with Crippen LogP contribution >= 0.6 is 0 Å². The third kappa shape index (κ3) is 2.76. The first-order valence-corrected chi connectivity index (χ1v) is 7.00. The van der Waals surface area contributed by atoms with E-state index in [0.717, 1.165) is 19.3 Å². The van der Waals surface area contributed by atoms with Crippen LogP contribution in [0.2, 0.25) is 0 Å². The smallest absolute Gasteiger partial charge is 0.311 e. The van der Waals surface area contributed by atoms with Crippen molar-refractivity contribution in [3.05, 3.63) is 18.5 Å². The average molecular weight is 291 g/mol. The number of hydrogen-bond acceptors (Lipinski definition) is 6. The first kappa shape index (κ1) is 13.7. The maximum atomic E-state index is 11.7. The van der Waals surface area contributed by atoms with Gasteiger partial charge in [0.15, 0.2) is 5.82 Å². The topological polar surface area (TPSA) is 112 Å². The molecule has 0 amide bonds. The Morgan fingerprint density at radius 3 is 2.81 bits per heavy atom. The highest BCUT2D eigenvalue weighted by molar-refractivity contribution is 5.74.